The van der Waals surface area contributed by atoms with Gasteiger partial charge in [-0.25, -0.2) is 13.4 Å². The summed E-state index contributed by atoms with van der Waals surface area (Å²) >= 11 is 1.28. The minimum absolute atomic E-state index is 0.184. The minimum Gasteiger partial charge on any atom is -0.343 e. The molecule has 0 atom stereocenters. The third-order valence-corrected chi connectivity index (χ3v) is 6.70. The molecule has 9 nitrogen and oxygen atoms in total. The van der Waals surface area contributed by atoms with E-state index in [4.69, 9.17) is 0 Å². The molecule has 0 fully saturated rings. The number of amides is 2. The lowest BCUT2D eigenvalue weighted by molar-refractivity contribution is -0.115. The van der Waals surface area contributed by atoms with Gasteiger partial charge in [-0.05, 0) is 41.8 Å². The highest BCUT2D eigenvalue weighted by Gasteiger charge is 2.17. The molecule has 4 aromatic rings. The fourth-order valence-electron chi connectivity index (χ4n) is 3.24. The topological polar surface area (TPSA) is 123 Å². The Morgan fingerprint density at radius 3 is 2.50 bits per heavy atom. The van der Waals surface area contributed by atoms with E-state index >= 15 is 0 Å². The lowest BCUT2D eigenvalue weighted by Gasteiger charge is -2.05. The molecule has 2 N–H and O–H groups in total. The molecule has 0 unspecified atom stereocenters. The lowest BCUT2D eigenvalue weighted by atomic mass is 10.0. The van der Waals surface area contributed by atoms with Gasteiger partial charge in [0.2, 0.25) is 15.9 Å². The second kappa shape index (κ2) is 9.57. The van der Waals surface area contributed by atoms with Crippen molar-refractivity contribution in [1.82, 2.24) is 19.3 Å². The van der Waals surface area contributed by atoms with Crippen LogP contribution >= 0.6 is 11.3 Å². The molecule has 3 aromatic heterocycles. The number of hydrogen-bond acceptors (Lipinski definition) is 7. The summed E-state index contributed by atoms with van der Waals surface area (Å²) in [6.45, 7) is 1.34. The Morgan fingerprint density at radius 1 is 1.06 bits per heavy atom. The van der Waals surface area contributed by atoms with Crippen LogP contribution in [0.2, 0.25) is 0 Å². The van der Waals surface area contributed by atoms with E-state index in [0.29, 0.717) is 10.7 Å². The maximum atomic E-state index is 12.4. The zero-order valence-electron chi connectivity index (χ0n) is 18.3. The number of thiazole rings is 1. The molecule has 0 saturated carbocycles. The molecule has 0 aliphatic carbocycles. The SMILES string of the molecule is Cc1cn(S(C)(=O)=O)cc1C(=O)NCC(=O)Nc1nc(-c2cccc(-c3ccncc3)c2)cs1. The first kappa shape index (κ1) is 23.3. The molecular formula is C23H21N5O4S2. The van der Waals surface area contributed by atoms with Gasteiger partial charge in [-0.3, -0.25) is 18.5 Å². The first-order chi connectivity index (χ1) is 16.2. The molecule has 0 spiro atoms. The molecule has 0 aliphatic heterocycles. The molecule has 0 aliphatic rings. The van der Waals surface area contributed by atoms with E-state index in [0.717, 1.165) is 32.6 Å². The number of benzene rings is 1. The Bertz CT molecular complexity index is 1460. The van der Waals surface area contributed by atoms with Crippen molar-refractivity contribution in [1.29, 1.82) is 0 Å². The van der Waals surface area contributed by atoms with Crippen LogP contribution in [0.4, 0.5) is 5.13 Å². The zero-order chi connectivity index (χ0) is 24.3. The van der Waals surface area contributed by atoms with Crippen molar-refractivity contribution in [2.75, 3.05) is 18.1 Å². The third-order valence-electron chi connectivity index (χ3n) is 4.96. The summed E-state index contributed by atoms with van der Waals surface area (Å²) in [6, 6.07) is 11.8. The Labute approximate surface area is 200 Å². The number of aromatic nitrogens is 3. The molecule has 0 radical (unpaired) electrons. The molecule has 4 rings (SSSR count). The predicted octanol–water partition coefficient (Wildman–Crippen LogP) is 3.16. The Morgan fingerprint density at radius 2 is 1.79 bits per heavy atom. The van der Waals surface area contributed by atoms with Gasteiger partial charge in [-0.2, -0.15) is 0 Å². The van der Waals surface area contributed by atoms with Crippen molar-refractivity contribution < 1.29 is 18.0 Å². The van der Waals surface area contributed by atoms with Gasteiger partial charge in [-0.1, -0.05) is 18.2 Å². The van der Waals surface area contributed by atoms with Gasteiger partial charge in [0.1, 0.15) is 0 Å². The van der Waals surface area contributed by atoms with Crippen molar-refractivity contribution in [3.05, 3.63) is 77.7 Å². The van der Waals surface area contributed by atoms with Crippen molar-refractivity contribution in [3.8, 4) is 22.4 Å². The summed E-state index contributed by atoms with van der Waals surface area (Å²) in [6.07, 6.45) is 7.09. The summed E-state index contributed by atoms with van der Waals surface area (Å²) in [7, 11) is -3.50. The van der Waals surface area contributed by atoms with E-state index in [1.807, 2.05) is 41.8 Å². The first-order valence-corrected chi connectivity index (χ1v) is 12.9. The van der Waals surface area contributed by atoms with Gasteiger partial charge in [0.25, 0.3) is 5.91 Å². The number of pyridine rings is 1. The maximum absolute atomic E-state index is 12.4. The number of nitrogens with zero attached hydrogens (tertiary/aromatic N) is 3. The smallest absolute Gasteiger partial charge is 0.253 e. The first-order valence-electron chi connectivity index (χ1n) is 10.1. The van der Waals surface area contributed by atoms with Gasteiger partial charge in [-0.15, -0.1) is 11.3 Å². The molecule has 0 saturated heterocycles. The average Bonchev–Trinajstić information content (AvgIpc) is 3.45. The molecule has 2 amide bonds. The fourth-order valence-corrected chi connectivity index (χ4v) is 4.62. The highest BCUT2D eigenvalue weighted by molar-refractivity contribution is 7.89. The van der Waals surface area contributed by atoms with Crippen LogP contribution in [0.25, 0.3) is 22.4 Å². The van der Waals surface area contributed by atoms with Crippen molar-refractivity contribution in [2.24, 2.45) is 0 Å². The van der Waals surface area contributed by atoms with Gasteiger partial charge in [0, 0.05) is 35.7 Å². The van der Waals surface area contributed by atoms with Crippen LogP contribution < -0.4 is 10.6 Å². The van der Waals surface area contributed by atoms with Crippen molar-refractivity contribution >= 4 is 38.3 Å². The van der Waals surface area contributed by atoms with E-state index in [2.05, 4.69) is 20.6 Å². The normalized spacial score (nSPS) is 11.2. The quantitative estimate of drug-likeness (QED) is 0.406. The molecule has 34 heavy (non-hydrogen) atoms. The van der Waals surface area contributed by atoms with Crippen LogP contribution in [0.15, 0.2) is 66.6 Å². The molecule has 11 heteroatoms. The van der Waals surface area contributed by atoms with E-state index < -0.39 is 21.8 Å². The summed E-state index contributed by atoms with van der Waals surface area (Å²) in [5.74, 6) is -0.984. The number of carbonyl (C=O) groups excluding carboxylic acids is 2. The van der Waals surface area contributed by atoms with Crippen LogP contribution in [0.5, 0.6) is 0 Å². The van der Waals surface area contributed by atoms with Gasteiger partial charge in [0.05, 0.1) is 24.1 Å². The van der Waals surface area contributed by atoms with Crippen LogP contribution in [0.3, 0.4) is 0 Å². The monoisotopic (exact) mass is 495 g/mol. The molecule has 0 bridgehead atoms. The summed E-state index contributed by atoms with van der Waals surface area (Å²) in [5, 5.41) is 7.42. The third kappa shape index (κ3) is 5.38. The Balaban J connectivity index is 1.38. The van der Waals surface area contributed by atoms with Crippen molar-refractivity contribution in [3.63, 3.8) is 0 Å². The average molecular weight is 496 g/mol. The standard InChI is InChI=1S/C23H21N5O4S2/c1-15-12-28(34(2,31)32)13-19(15)22(30)25-11-21(29)27-23-26-20(14-33-23)18-5-3-4-17(10-18)16-6-8-24-9-7-16/h3-10,12-14H,11H2,1-2H3,(H,25,30)(H,26,27,29). The number of carbonyl (C=O) groups is 2. The maximum Gasteiger partial charge on any atom is 0.253 e. The van der Waals surface area contributed by atoms with Gasteiger partial charge >= 0.3 is 0 Å². The highest BCUT2D eigenvalue weighted by Crippen LogP contribution is 2.28. The summed E-state index contributed by atoms with van der Waals surface area (Å²) in [5.41, 5.74) is 4.37. The second-order valence-corrected chi connectivity index (χ2v) is 10.3. The van der Waals surface area contributed by atoms with E-state index in [9.17, 15) is 18.0 Å². The number of hydrogen-bond donors (Lipinski definition) is 2. The lowest BCUT2D eigenvalue weighted by Crippen LogP contribution is -2.33. The summed E-state index contributed by atoms with van der Waals surface area (Å²) < 4.78 is 24.3. The van der Waals surface area contributed by atoms with Crippen LogP contribution in [-0.4, -0.2) is 47.0 Å². The van der Waals surface area contributed by atoms with E-state index in [1.165, 1.54) is 23.7 Å². The molecular weight excluding hydrogens is 474 g/mol. The predicted molar refractivity (Wildman–Crippen MR) is 131 cm³/mol. The van der Waals surface area contributed by atoms with Crippen LogP contribution in [0.1, 0.15) is 15.9 Å². The number of anilines is 1. The highest BCUT2D eigenvalue weighted by atomic mass is 32.2. The summed E-state index contributed by atoms with van der Waals surface area (Å²) in [4.78, 5) is 33.2. The number of rotatable bonds is 7. The molecule has 174 valence electrons. The Hall–Kier alpha value is -3.83. The van der Waals surface area contributed by atoms with E-state index in [-0.39, 0.29) is 12.1 Å². The van der Waals surface area contributed by atoms with Crippen LogP contribution in [0, 0.1) is 6.92 Å². The fraction of sp³-hybridized carbons (Fsp3) is 0.130. The molecule has 3 heterocycles. The van der Waals surface area contributed by atoms with E-state index in [1.54, 1.807) is 19.3 Å². The Kier molecular flexibility index (Phi) is 6.57. The minimum atomic E-state index is -3.50. The number of aryl methyl sites for hydroxylation is 1. The molecule has 1 aromatic carbocycles. The van der Waals surface area contributed by atoms with Gasteiger partial charge < -0.3 is 10.6 Å². The zero-order valence-corrected chi connectivity index (χ0v) is 20.0. The second-order valence-electron chi connectivity index (χ2n) is 7.53. The van der Waals surface area contributed by atoms with Gasteiger partial charge in [0.15, 0.2) is 5.13 Å². The number of nitrogens with one attached hydrogen (secondary N) is 2. The largest absolute Gasteiger partial charge is 0.343 e. The van der Waals surface area contributed by atoms with Crippen molar-refractivity contribution in [2.45, 2.75) is 6.92 Å². The van der Waals surface area contributed by atoms with Crippen LogP contribution in [-0.2, 0) is 14.8 Å².